The van der Waals surface area contributed by atoms with Crippen molar-refractivity contribution in [3.63, 3.8) is 0 Å². The number of rotatable bonds is 2. The summed E-state index contributed by atoms with van der Waals surface area (Å²) in [5.41, 5.74) is -0.283. The Morgan fingerprint density at radius 2 is 1.85 bits per heavy atom. The lowest BCUT2D eigenvalue weighted by Crippen LogP contribution is -2.47. The van der Waals surface area contributed by atoms with Gasteiger partial charge in [0.05, 0.1) is 11.3 Å². The molecule has 1 amide bonds. The number of benzene rings is 1. The molecule has 26 heavy (non-hydrogen) atoms. The number of aliphatic hydroxyl groups is 1. The van der Waals surface area contributed by atoms with Crippen LogP contribution in [0.1, 0.15) is 36.4 Å². The van der Waals surface area contributed by atoms with E-state index in [4.69, 9.17) is 0 Å². The quantitative estimate of drug-likeness (QED) is 0.791. The second kappa shape index (κ2) is 6.12. The van der Waals surface area contributed by atoms with Crippen LogP contribution in [0, 0.1) is 6.92 Å². The number of carbonyl (C=O) groups excluding carboxylic acids is 1. The Morgan fingerprint density at radius 3 is 2.38 bits per heavy atom. The molecule has 0 bridgehead atoms. The zero-order chi connectivity index (χ0) is 19.3. The molecule has 1 aliphatic rings. The van der Waals surface area contributed by atoms with Gasteiger partial charge in [-0.3, -0.25) is 4.79 Å². The van der Waals surface area contributed by atoms with Crippen molar-refractivity contribution in [1.29, 1.82) is 0 Å². The molecule has 4 nitrogen and oxygen atoms in total. The summed E-state index contributed by atoms with van der Waals surface area (Å²) < 4.78 is 38.1. The molecule has 8 heteroatoms. The molecule has 0 spiro atoms. The van der Waals surface area contributed by atoms with E-state index in [1.54, 1.807) is 20.8 Å². The number of nitrogens with one attached hydrogen (secondary N) is 1. The number of amides is 1. The highest BCUT2D eigenvalue weighted by atomic mass is 32.1. The summed E-state index contributed by atoms with van der Waals surface area (Å²) in [6.45, 7) is 5.37. The molecule has 0 atom stereocenters. The average Bonchev–Trinajstić information content (AvgIpc) is 2.86. The van der Waals surface area contributed by atoms with Crippen molar-refractivity contribution < 1.29 is 23.1 Å². The normalized spacial score (nSPS) is 17.4. The predicted molar refractivity (Wildman–Crippen MR) is 93.7 cm³/mol. The van der Waals surface area contributed by atoms with E-state index in [1.165, 1.54) is 23.5 Å². The predicted octanol–water partition coefficient (Wildman–Crippen LogP) is 4.70. The maximum absolute atomic E-state index is 12.7. The van der Waals surface area contributed by atoms with Crippen LogP contribution in [-0.4, -0.2) is 21.5 Å². The van der Waals surface area contributed by atoms with Crippen LogP contribution in [0.3, 0.4) is 0 Å². The summed E-state index contributed by atoms with van der Waals surface area (Å²) in [6.07, 6.45) is -4.12. The molecule has 0 fully saturated rings. The van der Waals surface area contributed by atoms with Crippen LogP contribution in [-0.2, 0) is 11.0 Å². The minimum Gasteiger partial charge on any atom is -0.511 e. The fraction of sp³-hybridized carbons (Fsp3) is 0.333. The Kier molecular flexibility index (Phi) is 4.34. The van der Waals surface area contributed by atoms with Gasteiger partial charge in [-0.1, -0.05) is 12.1 Å². The molecule has 2 aromatic rings. The van der Waals surface area contributed by atoms with E-state index in [9.17, 15) is 23.1 Å². The lowest BCUT2D eigenvalue weighted by atomic mass is 9.91. The molecule has 138 valence electrons. The van der Waals surface area contributed by atoms with Crippen molar-refractivity contribution in [2.24, 2.45) is 0 Å². The van der Waals surface area contributed by atoms with Gasteiger partial charge in [-0.05, 0) is 32.9 Å². The molecule has 0 radical (unpaired) electrons. The summed E-state index contributed by atoms with van der Waals surface area (Å²) in [7, 11) is 0. The number of aliphatic hydroxyl groups excluding tert-OH is 1. The lowest BCUT2D eigenvalue weighted by molar-refractivity contribution is -0.137. The SMILES string of the molecule is Cc1sc(-c2ccc(C(F)(F)F)cc2)nc1C1=C(O)CC(C)(C)NC1=O. The van der Waals surface area contributed by atoms with Crippen molar-refractivity contribution in [3.8, 4) is 10.6 Å². The molecular formula is C18H17F3N2O2S. The first-order chi connectivity index (χ1) is 12.0. The number of hydrogen-bond donors (Lipinski definition) is 2. The first-order valence-corrected chi connectivity index (χ1v) is 8.70. The Balaban J connectivity index is 1.99. The van der Waals surface area contributed by atoms with Gasteiger partial charge in [0, 0.05) is 22.4 Å². The topological polar surface area (TPSA) is 62.2 Å². The lowest BCUT2D eigenvalue weighted by Gasteiger charge is -2.31. The summed E-state index contributed by atoms with van der Waals surface area (Å²) in [5, 5.41) is 13.6. The summed E-state index contributed by atoms with van der Waals surface area (Å²) >= 11 is 1.26. The molecule has 1 aromatic carbocycles. The number of carbonyl (C=O) groups is 1. The van der Waals surface area contributed by atoms with E-state index in [2.05, 4.69) is 10.3 Å². The van der Waals surface area contributed by atoms with Gasteiger partial charge in [-0.2, -0.15) is 13.2 Å². The third-order valence-electron chi connectivity index (χ3n) is 4.07. The smallest absolute Gasteiger partial charge is 0.416 e. The molecule has 2 N–H and O–H groups in total. The van der Waals surface area contributed by atoms with Gasteiger partial charge in [-0.25, -0.2) is 4.98 Å². The Hall–Kier alpha value is -2.35. The molecule has 2 heterocycles. The van der Waals surface area contributed by atoms with Crippen LogP contribution < -0.4 is 5.32 Å². The fourth-order valence-corrected chi connectivity index (χ4v) is 3.78. The Labute approximate surface area is 152 Å². The van der Waals surface area contributed by atoms with Crippen molar-refractivity contribution in [1.82, 2.24) is 10.3 Å². The largest absolute Gasteiger partial charge is 0.511 e. The van der Waals surface area contributed by atoms with E-state index in [-0.39, 0.29) is 17.8 Å². The molecular weight excluding hydrogens is 365 g/mol. The fourth-order valence-electron chi connectivity index (χ4n) is 2.85. The monoisotopic (exact) mass is 382 g/mol. The number of halogens is 3. The molecule has 1 aromatic heterocycles. The van der Waals surface area contributed by atoms with Gasteiger partial charge >= 0.3 is 6.18 Å². The van der Waals surface area contributed by atoms with Crippen LogP contribution in [0.4, 0.5) is 13.2 Å². The summed E-state index contributed by atoms with van der Waals surface area (Å²) in [5.74, 6) is -0.447. The number of thiazole rings is 1. The first-order valence-electron chi connectivity index (χ1n) is 7.88. The molecule has 1 aliphatic heterocycles. The first kappa shape index (κ1) is 18.4. The van der Waals surface area contributed by atoms with Crippen LogP contribution in [0.2, 0.25) is 0 Å². The van der Waals surface area contributed by atoms with Crippen molar-refractivity contribution in [2.45, 2.75) is 38.9 Å². The Bertz CT molecular complexity index is 896. The van der Waals surface area contributed by atoms with Crippen molar-refractivity contribution in [3.05, 3.63) is 46.2 Å². The van der Waals surface area contributed by atoms with Gasteiger partial charge < -0.3 is 10.4 Å². The molecule has 0 unspecified atom stereocenters. The van der Waals surface area contributed by atoms with E-state index < -0.39 is 23.2 Å². The average molecular weight is 382 g/mol. The van der Waals surface area contributed by atoms with Gasteiger partial charge in [0.2, 0.25) is 0 Å². The second-order valence-electron chi connectivity index (χ2n) is 6.84. The van der Waals surface area contributed by atoms with E-state index >= 15 is 0 Å². The number of hydrogen-bond acceptors (Lipinski definition) is 4. The maximum atomic E-state index is 12.7. The zero-order valence-electron chi connectivity index (χ0n) is 14.4. The minimum absolute atomic E-state index is 0.0360. The van der Waals surface area contributed by atoms with E-state index in [0.29, 0.717) is 21.1 Å². The van der Waals surface area contributed by atoms with Crippen LogP contribution in [0.5, 0.6) is 0 Å². The van der Waals surface area contributed by atoms with Gasteiger partial charge in [0.15, 0.2) is 0 Å². The Morgan fingerprint density at radius 1 is 1.23 bits per heavy atom. The van der Waals surface area contributed by atoms with E-state index in [0.717, 1.165) is 12.1 Å². The molecule has 0 aliphatic carbocycles. The number of alkyl halides is 3. The highest BCUT2D eigenvalue weighted by Crippen LogP contribution is 2.36. The van der Waals surface area contributed by atoms with Crippen LogP contribution in [0.25, 0.3) is 16.1 Å². The molecule has 0 saturated carbocycles. The number of aryl methyl sites for hydroxylation is 1. The minimum atomic E-state index is -4.40. The van der Waals surface area contributed by atoms with Crippen molar-refractivity contribution >= 4 is 22.8 Å². The van der Waals surface area contributed by atoms with E-state index in [1.807, 2.05) is 0 Å². The highest BCUT2D eigenvalue weighted by Gasteiger charge is 2.35. The zero-order valence-corrected chi connectivity index (χ0v) is 15.2. The van der Waals surface area contributed by atoms with Gasteiger partial charge in [-0.15, -0.1) is 11.3 Å². The van der Waals surface area contributed by atoms with Gasteiger partial charge in [0.1, 0.15) is 16.3 Å². The summed E-state index contributed by atoms with van der Waals surface area (Å²) in [6, 6.07) is 4.70. The molecule has 0 saturated heterocycles. The van der Waals surface area contributed by atoms with Crippen LogP contribution in [0.15, 0.2) is 30.0 Å². The highest BCUT2D eigenvalue weighted by molar-refractivity contribution is 7.15. The van der Waals surface area contributed by atoms with Crippen LogP contribution >= 0.6 is 11.3 Å². The van der Waals surface area contributed by atoms with Crippen molar-refractivity contribution in [2.75, 3.05) is 0 Å². The number of aromatic nitrogens is 1. The summed E-state index contributed by atoms with van der Waals surface area (Å²) in [4.78, 5) is 17.5. The third-order valence-corrected chi connectivity index (χ3v) is 5.09. The third kappa shape index (κ3) is 3.46. The van der Waals surface area contributed by atoms with Gasteiger partial charge in [0.25, 0.3) is 5.91 Å². The number of nitrogens with zero attached hydrogens (tertiary/aromatic N) is 1. The second-order valence-corrected chi connectivity index (χ2v) is 8.04. The maximum Gasteiger partial charge on any atom is 0.416 e. The standard InChI is InChI=1S/C18H17F3N2O2S/c1-9-14(13-12(24)8-17(2,3)23-15(13)25)22-16(26-9)10-4-6-11(7-5-10)18(19,20)21/h4-7,24H,8H2,1-3H3,(H,23,25). The molecule has 3 rings (SSSR count).